The summed E-state index contributed by atoms with van der Waals surface area (Å²) in [6.45, 7) is 1.17. The van der Waals surface area contributed by atoms with Crippen LogP contribution in [0.2, 0.25) is 0 Å². The molecule has 0 bridgehead atoms. The Morgan fingerprint density at radius 1 is 1.10 bits per heavy atom. The van der Waals surface area contributed by atoms with Crippen LogP contribution in [-0.4, -0.2) is 82.4 Å². The molecule has 0 aliphatic heterocycles. The van der Waals surface area contributed by atoms with Gasteiger partial charge in [0.15, 0.2) is 11.5 Å². The molecular formula is C30H43IN2O8. The molecule has 4 N–H and O–H groups in total. The normalized spacial score (nSPS) is 21.4. The van der Waals surface area contributed by atoms with Gasteiger partial charge in [-0.2, -0.15) is 0 Å². The number of carbonyl (C=O) groups is 3. The maximum absolute atomic E-state index is 13.8. The highest BCUT2D eigenvalue weighted by Crippen LogP contribution is 2.38. The molecular weight excluding hydrogens is 643 g/mol. The fourth-order valence-electron chi connectivity index (χ4n) is 5.68. The van der Waals surface area contributed by atoms with E-state index in [2.05, 4.69) is 27.9 Å². The topological polar surface area (TPSA) is 146 Å². The van der Waals surface area contributed by atoms with Gasteiger partial charge in [-0.05, 0) is 72.5 Å². The summed E-state index contributed by atoms with van der Waals surface area (Å²) < 4.78 is 12.5. The van der Waals surface area contributed by atoms with Crippen LogP contribution >= 0.6 is 22.6 Å². The van der Waals surface area contributed by atoms with E-state index >= 15 is 0 Å². The highest BCUT2D eigenvalue weighted by atomic mass is 127. The highest BCUT2D eigenvalue weighted by Gasteiger charge is 2.43. The third kappa shape index (κ3) is 9.13. The molecule has 2 aliphatic rings. The lowest BCUT2D eigenvalue weighted by molar-refractivity contribution is -0.142. The van der Waals surface area contributed by atoms with E-state index < -0.39 is 24.2 Å². The van der Waals surface area contributed by atoms with Gasteiger partial charge in [-0.3, -0.25) is 9.59 Å². The summed E-state index contributed by atoms with van der Waals surface area (Å²) in [5, 5.41) is 33.3. The number of amides is 2. The molecule has 0 heterocycles. The van der Waals surface area contributed by atoms with Crippen molar-refractivity contribution in [2.75, 3.05) is 20.3 Å². The average Bonchev–Trinajstić information content (AvgIpc) is 3.23. The predicted octanol–water partition coefficient (Wildman–Crippen LogP) is 3.02. The van der Waals surface area contributed by atoms with Crippen LogP contribution in [0, 0.1) is 3.57 Å². The summed E-state index contributed by atoms with van der Waals surface area (Å²) in [4.78, 5) is 40.2. The standard InChI is InChI=1S/C30H43IN2O8/c1-19(36)8-7-11-27(37)33(22-9-5-3-4-6-10-22)24-16-21(30(39)32-12-13-34)17-25(28(24)38)41-29-23(31)14-20(18-35)15-26(29)40-2/h14-15,17,22,24-25,28,34-35,38H,3-13,16,18H2,1-2H3,(H,32,39)/t24-,25+,28+/m1/s1. The molecule has 10 nitrogen and oxygen atoms in total. The Labute approximate surface area is 255 Å². The minimum Gasteiger partial charge on any atom is -0.493 e. The van der Waals surface area contributed by atoms with E-state index in [1.807, 2.05) is 0 Å². The van der Waals surface area contributed by atoms with Gasteiger partial charge in [-0.1, -0.05) is 25.7 Å². The van der Waals surface area contributed by atoms with Gasteiger partial charge in [0.2, 0.25) is 11.8 Å². The molecule has 0 spiro atoms. The van der Waals surface area contributed by atoms with Crippen molar-refractivity contribution >= 4 is 40.2 Å². The van der Waals surface area contributed by atoms with Gasteiger partial charge in [0.1, 0.15) is 18.0 Å². The van der Waals surface area contributed by atoms with Gasteiger partial charge >= 0.3 is 0 Å². The zero-order valence-corrected chi connectivity index (χ0v) is 26.1. The van der Waals surface area contributed by atoms with E-state index in [0.717, 1.165) is 38.5 Å². The van der Waals surface area contributed by atoms with Crippen LogP contribution in [0.15, 0.2) is 23.8 Å². The number of ether oxygens (including phenoxy) is 2. The minimum absolute atomic E-state index is 0.0199. The van der Waals surface area contributed by atoms with Crippen molar-refractivity contribution in [2.45, 2.75) is 102 Å². The molecule has 0 aromatic heterocycles. The van der Waals surface area contributed by atoms with Crippen molar-refractivity contribution in [3.05, 3.63) is 32.9 Å². The number of ketones is 1. The van der Waals surface area contributed by atoms with Crippen molar-refractivity contribution in [3.63, 3.8) is 0 Å². The second kappa shape index (κ2) is 16.4. The van der Waals surface area contributed by atoms with Crippen LogP contribution < -0.4 is 14.8 Å². The summed E-state index contributed by atoms with van der Waals surface area (Å²) in [6, 6.07) is 2.58. The van der Waals surface area contributed by atoms with E-state index in [0.29, 0.717) is 39.0 Å². The molecule has 2 amide bonds. The first-order chi connectivity index (χ1) is 19.7. The number of methoxy groups -OCH3 is 1. The van der Waals surface area contributed by atoms with Gasteiger partial charge in [0, 0.05) is 37.4 Å². The Balaban J connectivity index is 2.01. The third-order valence-corrected chi connectivity index (χ3v) is 8.52. The SMILES string of the molecule is COc1cc(CO)cc(I)c1O[C@H]1C=C(C(=O)NCCO)C[C@@H](N(C(=O)CCCC(C)=O)C2CCCCCC2)[C@@H]1O. The zero-order valence-electron chi connectivity index (χ0n) is 23.9. The first-order valence-electron chi connectivity index (χ1n) is 14.4. The Morgan fingerprint density at radius 2 is 1.80 bits per heavy atom. The third-order valence-electron chi connectivity index (χ3n) is 7.72. The van der Waals surface area contributed by atoms with Crippen molar-refractivity contribution in [3.8, 4) is 11.5 Å². The van der Waals surface area contributed by atoms with E-state index in [9.17, 15) is 29.7 Å². The van der Waals surface area contributed by atoms with Crippen LogP contribution in [0.25, 0.3) is 0 Å². The van der Waals surface area contributed by atoms with Crippen LogP contribution in [0.4, 0.5) is 0 Å². The van der Waals surface area contributed by atoms with Gasteiger partial charge in [-0.25, -0.2) is 0 Å². The van der Waals surface area contributed by atoms with Crippen LogP contribution in [-0.2, 0) is 21.0 Å². The average molecular weight is 687 g/mol. The smallest absolute Gasteiger partial charge is 0.247 e. The number of carbonyl (C=O) groups excluding carboxylic acids is 3. The summed E-state index contributed by atoms with van der Waals surface area (Å²) in [5.41, 5.74) is 0.992. The Bertz CT molecular complexity index is 1090. The van der Waals surface area contributed by atoms with E-state index in [1.165, 1.54) is 14.0 Å². The Morgan fingerprint density at radius 3 is 2.41 bits per heavy atom. The molecule has 1 aromatic carbocycles. The van der Waals surface area contributed by atoms with E-state index in [4.69, 9.17) is 9.47 Å². The molecule has 2 aliphatic carbocycles. The number of nitrogens with zero attached hydrogens (tertiary/aromatic N) is 1. The summed E-state index contributed by atoms with van der Waals surface area (Å²) >= 11 is 2.07. The molecule has 3 atom stereocenters. The second-order valence-electron chi connectivity index (χ2n) is 10.8. The van der Waals surface area contributed by atoms with Gasteiger partial charge in [0.25, 0.3) is 0 Å². The van der Waals surface area contributed by atoms with Crippen molar-refractivity contribution < 1.29 is 39.2 Å². The second-order valence-corrected chi connectivity index (χ2v) is 11.9. The highest BCUT2D eigenvalue weighted by molar-refractivity contribution is 14.1. The number of hydrogen-bond donors (Lipinski definition) is 4. The lowest BCUT2D eigenvalue weighted by Crippen LogP contribution is -2.58. The van der Waals surface area contributed by atoms with Crippen molar-refractivity contribution in [1.82, 2.24) is 10.2 Å². The molecule has 3 rings (SSSR count). The first kappa shape index (κ1) is 33.3. The molecule has 0 unspecified atom stereocenters. The molecule has 0 radical (unpaired) electrons. The molecule has 1 aromatic rings. The number of nitrogens with one attached hydrogen (secondary N) is 1. The first-order valence-corrected chi connectivity index (χ1v) is 15.5. The maximum atomic E-state index is 13.8. The molecule has 41 heavy (non-hydrogen) atoms. The van der Waals surface area contributed by atoms with Crippen molar-refractivity contribution in [2.24, 2.45) is 0 Å². The van der Waals surface area contributed by atoms with Gasteiger partial charge in [-0.15, -0.1) is 0 Å². The zero-order chi connectivity index (χ0) is 29.9. The van der Waals surface area contributed by atoms with Crippen LogP contribution in [0.3, 0.4) is 0 Å². The number of rotatable bonds is 13. The fraction of sp³-hybridized carbons (Fsp3) is 0.633. The summed E-state index contributed by atoms with van der Waals surface area (Å²) in [6.07, 6.45) is 6.19. The number of halogens is 1. The number of hydrogen-bond acceptors (Lipinski definition) is 8. The monoisotopic (exact) mass is 686 g/mol. The van der Waals surface area contributed by atoms with E-state index in [-0.39, 0.29) is 50.3 Å². The fourth-order valence-corrected chi connectivity index (χ4v) is 6.47. The maximum Gasteiger partial charge on any atom is 0.247 e. The quantitative estimate of drug-likeness (QED) is 0.183. The molecule has 0 saturated heterocycles. The number of Topliss-reactive ketones (excluding diaryl/α,β-unsaturated/α-hetero) is 1. The van der Waals surface area contributed by atoms with Gasteiger partial charge < -0.3 is 39.8 Å². The Hall–Kier alpha value is -2.22. The molecule has 1 fully saturated rings. The molecule has 228 valence electrons. The lowest BCUT2D eigenvalue weighted by Gasteiger charge is -2.44. The lowest BCUT2D eigenvalue weighted by atomic mass is 9.86. The van der Waals surface area contributed by atoms with Crippen LogP contribution in [0.5, 0.6) is 11.5 Å². The van der Waals surface area contributed by atoms with Crippen molar-refractivity contribution in [1.29, 1.82) is 0 Å². The molecule has 1 saturated carbocycles. The molecule has 11 heteroatoms. The minimum atomic E-state index is -1.15. The summed E-state index contributed by atoms with van der Waals surface area (Å²) in [7, 11) is 1.48. The largest absolute Gasteiger partial charge is 0.493 e. The number of aliphatic hydroxyl groups is 3. The number of aliphatic hydroxyl groups excluding tert-OH is 3. The predicted molar refractivity (Wildman–Crippen MR) is 162 cm³/mol. The Kier molecular flexibility index (Phi) is 13.3. The van der Waals surface area contributed by atoms with E-state index in [1.54, 1.807) is 23.1 Å². The van der Waals surface area contributed by atoms with Crippen LogP contribution in [0.1, 0.15) is 76.7 Å². The van der Waals surface area contributed by atoms with Gasteiger partial charge in [0.05, 0.1) is 29.9 Å². The number of benzene rings is 1. The summed E-state index contributed by atoms with van der Waals surface area (Å²) in [5.74, 6) is 0.210.